The van der Waals surface area contributed by atoms with E-state index in [9.17, 15) is 9.90 Å². The molecule has 1 saturated carbocycles. The quantitative estimate of drug-likeness (QED) is 0.787. The van der Waals surface area contributed by atoms with E-state index in [1.165, 1.54) is 0 Å². The largest absolute Gasteiger partial charge is 0.386 e. The topological polar surface area (TPSA) is 58.4 Å². The second-order valence-corrected chi connectivity index (χ2v) is 5.29. The molecule has 0 spiro atoms. The predicted molar refractivity (Wildman–Crippen MR) is 66.5 cm³/mol. The van der Waals surface area contributed by atoms with Crippen LogP contribution in [0.1, 0.15) is 18.5 Å². The lowest BCUT2D eigenvalue weighted by Crippen LogP contribution is -2.64. The number of carbonyl (C=O) groups excluding carboxylic acids is 1. The van der Waals surface area contributed by atoms with Crippen LogP contribution in [0.3, 0.4) is 0 Å². The van der Waals surface area contributed by atoms with Crippen LogP contribution in [0.4, 0.5) is 0 Å². The van der Waals surface area contributed by atoms with Crippen LogP contribution in [0.5, 0.6) is 0 Å². The predicted octanol–water partition coefficient (Wildman–Crippen LogP) is 0.417. The highest BCUT2D eigenvalue weighted by Crippen LogP contribution is 2.44. The van der Waals surface area contributed by atoms with E-state index < -0.39 is 5.60 Å². The summed E-state index contributed by atoms with van der Waals surface area (Å²) in [6.07, 6.45) is 7.19. The number of aryl methyl sites for hydroxylation is 1. The summed E-state index contributed by atoms with van der Waals surface area (Å²) in [5, 5.41) is 14.2. The molecule has 18 heavy (non-hydrogen) atoms. The lowest BCUT2D eigenvalue weighted by atomic mass is 9.88. The zero-order chi connectivity index (χ0) is 12.8. The Balaban J connectivity index is 1.57. The zero-order valence-electron chi connectivity index (χ0n) is 10.4. The van der Waals surface area contributed by atoms with Crippen LogP contribution < -0.4 is 0 Å². The first-order valence-corrected chi connectivity index (χ1v) is 6.26. The van der Waals surface area contributed by atoms with E-state index >= 15 is 0 Å². The second kappa shape index (κ2) is 3.95. The lowest BCUT2D eigenvalue weighted by Gasteiger charge is -2.46. The number of hydrogen-bond acceptors (Lipinski definition) is 3. The number of β-amino-alcohol motifs (C(OH)–C–C–N with tert-alkyl or cyclic N) is 1. The van der Waals surface area contributed by atoms with Gasteiger partial charge in [-0.3, -0.25) is 9.48 Å². The Morgan fingerprint density at radius 1 is 1.56 bits per heavy atom. The molecule has 0 bridgehead atoms. The lowest BCUT2D eigenvalue weighted by molar-refractivity contribution is -0.154. The molecule has 1 saturated heterocycles. The van der Waals surface area contributed by atoms with Gasteiger partial charge in [-0.15, -0.1) is 0 Å². The summed E-state index contributed by atoms with van der Waals surface area (Å²) in [6.45, 7) is 0.957. The molecule has 1 aliphatic heterocycles. The maximum absolute atomic E-state index is 11.9. The van der Waals surface area contributed by atoms with Gasteiger partial charge in [-0.2, -0.15) is 5.10 Å². The summed E-state index contributed by atoms with van der Waals surface area (Å²) in [4.78, 5) is 13.5. The van der Waals surface area contributed by atoms with Gasteiger partial charge in [0.15, 0.2) is 0 Å². The summed E-state index contributed by atoms with van der Waals surface area (Å²) in [6, 6.07) is 1.85. The van der Waals surface area contributed by atoms with Crippen molar-refractivity contribution in [3.63, 3.8) is 0 Å². The van der Waals surface area contributed by atoms with E-state index in [2.05, 4.69) is 5.10 Å². The summed E-state index contributed by atoms with van der Waals surface area (Å²) in [5.41, 5.74) is 0.289. The Morgan fingerprint density at radius 3 is 2.83 bits per heavy atom. The van der Waals surface area contributed by atoms with Gasteiger partial charge in [0, 0.05) is 19.3 Å². The molecule has 2 aliphatic rings. The molecule has 1 amide bonds. The van der Waals surface area contributed by atoms with Gasteiger partial charge < -0.3 is 10.0 Å². The van der Waals surface area contributed by atoms with Crippen LogP contribution in [0.2, 0.25) is 0 Å². The first-order chi connectivity index (χ1) is 8.58. The van der Waals surface area contributed by atoms with Crippen molar-refractivity contribution >= 4 is 12.0 Å². The first-order valence-electron chi connectivity index (χ1n) is 6.26. The van der Waals surface area contributed by atoms with Gasteiger partial charge in [-0.25, -0.2) is 0 Å². The fourth-order valence-corrected chi connectivity index (χ4v) is 2.46. The minimum Gasteiger partial charge on any atom is -0.386 e. The monoisotopic (exact) mass is 247 g/mol. The molecule has 96 valence electrons. The van der Waals surface area contributed by atoms with Crippen molar-refractivity contribution in [3.8, 4) is 0 Å². The summed E-state index contributed by atoms with van der Waals surface area (Å²) >= 11 is 0. The molecule has 0 radical (unpaired) electrons. The number of carbonyl (C=O) groups is 1. The second-order valence-electron chi connectivity index (χ2n) is 5.29. The molecule has 2 heterocycles. The molecule has 1 aromatic heterocycles. The van der Waals surface area contributed by atoms with Crippen molar-refractivity contribution in [2.24, 2.45) is 13.0 Å². The van der Waals surface area contributed by atoms with E-state index in [4.69, 9.17) is 0 Å². The van der Waals surface area contributed by atoms with E-state index in [0.717, 1.165) is 18.5 Å². The Labute approximate surface area is 106 Å². The van der Waals surface area contributed by atoms with Gasteiger partial charge in [0.05, 0.1) is 18.8 Å². The van der Waals surface area contributed by atoms with Crippen LogP contribution in [0.15, 0.2) is 18.3 Å². The average molecular weight is 247 g/mol. The number of aliphatic hydroxyl groups is 1. The maximum Gasteiger partial charge on any atom is 0.246 e. The third-order valence-corrected chi connectivity index (χ3v) is 3.83. The minimum atomic E-state index is -0.601. The molecule has 0 atom stereocenters. The SMILES string of the molecule is Cn1nccc1C=CC(=O)N1CC(O)(C2CC2)C1. The maximum atomic E-state index is 11.9. The van der Waals surface area contributed by atoms with Crippen LogP contribution in [0.25, 0.3) is 6.08 Å². The number of aromatic nitrogens is 2. The Hall–Kier alpha value is -1.62. The average Bonchev–Trinajstić information content (AvgIpc) is 3.07. The van der Waals surface area contributed by atoms with Gasteiger partial charge >= 0.3 is 0 Å². The number of hydrogen-bond donors (Lipinski definition) is 1. The van der Waals surface area contributed by atoms with Gasteiger partial charge in [-0.05, 0) is 30.9 Å². The molecule has 0 unspecified atom stereocenters. The molecule has 2 fully saturated rings. The van der Waals surface area contributed by atoms with Gasteiger partial charge in [-0.1, -0.05) is 0 Å². The molecule has 1 aromatic rings. The fourth-order valence-electron chi connectivity index (χ4n) is 2.46. The van der Waals surface area contributed by atoms with Crippen molar-refractivity contribution in [2.45, 2.75) is 18.4 Å². The van der Waals surface area contributed by atoms with E-state index in [-0.39, 0.29) is 5.91 Å². The number of amides is 1. The highest BCUT2D eigenvalue weighted by atomic mass is 16.3. The zero-order valence-corrected chi connectivity index (χ0v) is 10.4. The molecule has 1 aliphatic carbocycles. The van der Waals surface area contributed by atoms with Crippen molar-refractivity contribution in [3.05, 3.63) is 24.0 Å². The Morgan fingerprint density at radius 2 is 2.28 bits per heavy atom. The third kappa shape index (κ3) is 1.95. The number of nitrogens with zero attached hydrogens (tertiary/aromatic N) is 3. The highest BCUT2D eigenvalue weighted by Gasteiger charge is 2.52. The van der Waals surface area contributed by atoms with Crippen molar-refractivity contribution in [2.75, 3.05) is 13.1 Å². The Kier molecular flexibility index (Phi) is 2.52. The number of rotatable bonds is 3. The van der Waals surface area contributed by atoms with Crippen molar-refractivity contribution in [1.82, 2.24) is 14.7 Å². The highest BCUT2D eigenvalue weighted by molar-refractivity contribution is 5.92. The third-order valence-electron chi connectivity index (χ3n) is 3.83. The van der Waals surface area contributed by atoms with E-state index in [0.29, 0.717) is 19.0 Å². The van der Waals surface area contributed by atoms with Gasteiger partial charge in [0.25, 0.3) is 0 Å². The molecular formula is C13H17N3O2. The molecule has 5 heteroatoms. The molecule has 0 aromatic carbocycles. The van der Waals surface area contributed by atoms with Crippen LogP contribution >= 0.6 is 0 Å². The standard InChI is InChI=1S/C13H17N3O2/c1-15-11(6-7-14-15)4-5-12(17)16-8-13(18,9-16)10-2-3-10/h4-7,10,18H,2-3,8-9H2,1H3. The molecular weight excluding hydrogens is 230 g/mol. The summed E-state index contributed by atoms with van der Waals surface area (Å²) < 4.78 is 1.71. The van der Waals surface area contributed by atoms with Crippen molar-refractivity contribution < 1.29 is 9.90 Å². The minimum absolute atomic E-state index is 0.0403. The molecule has 5 nitrogen and oxygen atoms in total. The number of likely N-dealkylation sites (tertiary alicyclic amines) is 1. The van der Waals surface area contributed by atoms with Crippen LogP contribution in [-0.2, 0) is 11.8 Å². The van der Waals surface area contributed by atoms with Gasteiger partial charge in [0.2, 0.25) is 5.91 Å². The van der Waals surface area contributed by atoms with E-state index in [1.807, 2.05) is 13.1 Å². The smallest absolute Gasteiger partial charge is 0.246 e. The normalized spacial score (nSPS) is 22.2. The van der Waals surface area contributed by atoms with E-state index in [1.54, 1.807) is 27.9 Å². The molecule has 3 rings (SSSR count). The van der Waals surface area contributed by atoms with Gasteiger partial charge in [0.1, 0.15) is 5.60 Å². The summed E-state index contributed by atoms with van der Waals surface area (Å²) in [5.74, 6) is 0.379. The Bertz CT molecular complexity index is 496. The van der Waals surface area contributed by atoms with Crippen molar-refractivity contribution in [1.29, 1.82) is 0 Å². The summed E-state index contributed by atoms with van der Waals surface area (Å²) in [7, 11) is 1.83. The fraction of sp³-hybridized carbons (Fsp3) is 0.538. The molecule has 1 N–H and O–H groups in total. The van der Waals surface area contributed by atoms with Crippen LogP contribution in [0, 0.1) is 5.92 Å². The first kappa shape index (κ1) is 11.5. The van der Waals surface area contributed by atoms with Crippen LogP contribution in [-0.4, -0.2) is 44.4 Å².